The van der Waals surface area contributed by atoms with E-state index in [-0.39, 0.29) is 5.78 Å². The molecule has 0 aromatic heterocycles. The molecule has 0 unspecified atom stereocenters. The lowest BCUT2D eigenvalue weighted by Crippen LogP contribution is -1.92. The first-order valence-corrected chi connectivity index (χ1v) is 8.25. The zero-order valence-electron chi connectivity index (χ0n) is 13.4. The van der Waals surface area contributed by atoms with Gasteiger partial charge in [-0.05, 0) is 38.2 Å². The Morgan fingerprint density at radius 1 is 0.810 bits per heavy atom. The Morgan fingerprint density at radius 3 is 2.00 bits per heavy atom. The Hall–Kier alpha value is -1.38. The molecule has 0 saturated heterocycles. The topological polar surface area (TPSA) is 54.4 Å². The van der Waals surface area contributed by atoms with Gasteiger partial charge < -0.3 is 5.11 Å². The molecule has 1 N–H and O–H groups in total. The van der Waals surface area contributed by atoms with Gasteiger partial charge in [0.25, 0.3) is 0 Å². The molecule has 0 bridgehead atoms. The average Bonchev–Trinajstić information content (AvgIpc) is 2.45. The summed E-state index contributed by atoms with van der Waals surface area (Å²) in [5.41, 5.74) is 0. The minimum atomic E-state index is -0.887. The fourth-order valence-corrected chi connectivity index (χ4v) is 2.09. The number of hydrogen-bond acceptors (Lipinski definition) is 2. The van der Waals surface area contributed by atoms with E-state index in [0.717, 1.165) is 38.5 Å². The molecule has 0 aliphatic heterocycles. The third-order valence-electron chi connectivity index (χ3n) is 3.33. The number of ketones is 1. The van der Waals surface area contributed by atoms with Gasteiger partial charge in [0.2, 0.25) is 0 Å². The molecule has 120 valence electrons. The van der Waals surface area contributed by atoms with Crippen LogP contribution in [0.4, 0.5) is 0 Å². The molecule has 0 saturated carbocycles. The number of carbonyl (C=O) groups excluding carboxylic acids is 1. The summed E-state index contributed by atoms with van der Waals surface area (Å²) in [5, 5.41) is 8.42. The van der Waals surface area contributed by atoms with Crippen molar-refractivity contribution in [3.63, 3.8) is 0 Å². The second-order valence-corrected chi connectivity index (χ2v) is 5.41. The van der Waals surface area contributed by atoms with E-state index in [1.807, 2.05) is 6.08 Å². The highest BCUT2D eigenvalue weighted by atomic mass is 16.4. The zero-order chi connectivity index (χ0) is 15.8. The fourth-order valence-electron chi connectivity index (χ4n) is 2.09. The number of carboxylic acids is 1. The summed E-state index contributed by atoms with van der Waals surface area (Å²) in [5.74, 6) is -0.654. The van der Waals surface area contributed by atoms with Crippen LogP contribution in [0.15, 0.2) is 24.3 Å². The summed E-state index contributed by atoms with van der Waals surface area (Å²) in [4.78, 5) is 21.8. The first-order chi connectivity index (χ1) is 10.2. The van der Waals surface area contributed by atoms with Crippen molar-refractivity contribution in [3.8, 4) is 0 Å². The molecule has 0 aromatic carbocycles. The second kappa shape index (κ2) is 15.0. The van der Waals surface area contributed by atoms with Crippen LogP contribution in [0.2, 0.25) is 0 Å². The number of allylic oxidation sites excluding steroid dienone is 3. The molecule has 0 radical (unpaired) electrons. The van der Waals surface area contributed by atoms with Gasteiger partial charge in [-0.15, -0.1) is 0 Å². The molecule has 0 aliphatic carbocycles. The third kappa shape index (κ3) is 16.6. The van der Waals surface area contributed by atoms with Gasteiger partial charge in [-0.25, -0.2) is 4.79 Å². The largest absolute Gasteiger partial charge is 0.478 e. The van der Waals surface area contributed by atoms with Gasteiger partial charge >= 0.3 is 5.97 Å². The van der Waals surface area contributed by atoms with E-state index < -0.39 is 5.97 Å². The standard InChI is InChI=1S/C18H30O3/c1-2-3-4-5-8-11-14-17(19)15-12-9-6-7-10-13-16-18(20)21/h11,13-14,16H,2-10,12,15H2,1H3,(H,20,21). The molecule has 0 rings (SSSR count). The first kappa shape index (κ1) is 19.6. The molecule has 3 nitrogen and oxygen atoms in total. The summed E-state index contributed by atoms with van der Waals surface area (Å²) < 4.78 is 0. The Labute approximate surface area is 129 Å². The van der Waals surface area contributed by atoms with E-state index >= 15 is 0 Å². The van der Waals surface area contributed by atoms with Crippen LogP contribution >= 0.6 is 0 Å². The minimum Gasteiger partial charge on any atom is -0.478 e. The van der Waals surface area contributed by atoms with Crippen LogP contribution in [-0.2, 0) is 9.59 Å². The molecule has 0 aliphatic rings. The molecule has 0 heterocycles. The molecule has 0 fully saturated rings. The fraction of sp³-hybridized carbons (Fsp3) is 0.667. The van der Waals surface area contributed by atoms with Gasteiger partial charge in [0, 0.05) is 12.5 Å². The Bertz CT molecular complexity index is 329. The van der Waals surface area contributed by atoms with Crippen molar-refractivity contribution in [3.05, 3.63) is 24.3 Å². The quantitative estimate of drug-likeness (QED) is 0.360. The first-order valence-electron chi connectivity index (χ1n) is 8.25. The van der Waals surface area contributed by atoms with Crippen LogP contribution in [0.5, 0.6) is 0 Å². The lowest BCUT2D eigenvalue weighted by atomic mass is 10.1. The number of rotatable bonds is 14. The molecule has 3 heteroatoms. The molecule has 0 spiro atoms. The maximum absolute atomic E-state index is 11.6. The highest BCUT2D eigenvalue weighted by Gasteiger charge is 1.96. The maximum Gasteiger partial charge on any atom is 0.327 e. The van der Waals surface area contributed by atoms with Crippen molar-refractivity contribution >= 4 is 11.8 Å². The van der Waals surface area contributed by atoms with E-state index in [1.54, 1.807) is 12.2 Å². The van der Waals surface area contributed by atoms with E-state index in [9.17, 15) is 9.59 Å². The highest BCUT2D eigenvalue weighted by Crippen LogP contribution is 2.07. The van der Waals surface area contributed by atoms with Gasteiger partial charge in [-0.2, -0.15) is 0 Å². The Morgan fingerprint density at radius 2 is 1.38 bits per heavy atom. The third-order valence-corrected chi connectivity index (χ3v) is 3.33. The number of unbranched alkanes of at least 4 members (excludes halogenated alkanes) is 8. The van der Waals surface area contributed by atoms with Crippen LogP contribution in [-0.4, -0.2) is 16.9 Å². The lowest BCUT2D eigenvalue weighted by Gasteiger charge is -1.98. The maximum atomic E-state index is 11.6. The van der Waals surface area contributed by atoms with Crippen molar-refractivity contribution < 1.29 is 14.7 Å². The van der Waals surface area contributed by atoms with Crippen molar-refractivity contribution in [1.29, 1.82) is 0 Å². The molecule has 0 amide bonds. The predicted molar refractivity (Wildman–Crippen MR) is 87.4 cm³/mol. The van der Waals surface area contributed by atoms with Crippen molar-refractivity contribution in [2.45, 2.75) is 77.6 Å². The van der Waals surface area contributed by atoms with Crippen molar-refractivity contribution in [1.82, 2.24) is 0 Å². The highest BCUT2D eigenvalue weighted by molar-refractivity contribution is 5.89. The monoisotopic (exact) mass is 294 g/mol. The van der Waals surface area contributed by atoms with Crippen molar-refractivity contribution in [2.75, 3.05) is 0 Å². The zero-order valence-corrected chi connectivity index (χ0v) is 13.4. The van der Waals surface area contributed by atoms with Gasteiger partial charge in [-0.1, -0.05) is 51.2 Å². The predicted octanol–water partition coefficient (Wildman–Crippen LogP) is 5.06. The van der Waals surface area contributed by atoms with E-state index in [4.69, 9.17) is 5.11 Å². The average molecular weight is 294 g/mol. The lowest BCUT2D eigenvalue weighted by molar-refractivity contribution is -0.131. The van der Waals surface area contributed by atoms with Crippen LogP contribution in [0.1, 0.15) is 77.6 Å². The Balaban J connectivity index is 3.37. The minimum absolute atomic E-state index is 0.233. The van der Waals surface area contributed by atoms with Crippen molar-refractivity contribution in [2.24, 2.45) is 0 Å². The number of carboxylic acid groups (broad SMARTS) is 1. The van der Waals surface area contributed by atoms with Crippen LogP contribution < -0.4 is 0 Å². The number of carbonyl (C=O) groups is 2. The molecule has 0 atom stereocenters. The number of aliphatic carboxylic acids is 1. The second-order valence-electron chi connectivity index (χ2n) is 5.41. The van der Waals surface area contributed by atoms with Crippen LogP contribution in [0.3, 0.4) is 0 Å². The van der Waals surface area contributed by atoms with E-state index in [2.05, 4.69) is 6.92 Å². The smallest absolute Gasteiger partial charge is 0.327 e. The summed E-state index contributed by atoms with van der Waals surface area (Å²) in [6.45, 7) is 2.20. The normalized spacial score (nSPS) is 11.5. The van der Waals surface area contributed by atoms with Crippen LogP contribution in [0.25, 0.3) is 0 Å². The van der Waals surface area contributed by atoms with Gasteiger partial charge in [0.15, 0.2) is 5.78 Å². The summed E-state index contributed by atoms with van der Waals surface area (Å²) in [7, 11) is 0. The summed E-state index contributed by atoms with van der Waals surface area (Å²) >= 11 is 0. The van der Waals surface area contributed by atoms with E-state index in [0.29, 0.717) is 6.42 Å². The van der Waals surface area contributed by atoms with Gasteiger partial charge in [0.05, 0.1) is 0 Å². The summed E-state index contributed by atoms with van der Waals surface area (Å²) in [6.07, 6.45) is 18.1. The molecular formula is C18H30O3. The van der Waals surface area contributed by atoms with E-state index in [1.165, 1.54) is 31.8 Å². The van der Waals surface area contributed by atoms with Gasteiger partial charge in [-0.3, -0.25) is 4.79 Å². The van der Waals surface area contributed by atoms with Gasteiger partial charge in [0.1, 0.15) is 0 Å². The molecular weight excluding hydrogens is 264 g/mol. The van der Waals surface area contributed by atoms with Crippen LogP contribution in [0, 0.1) is 0 Å². The SMILES string of the molecule is CCCCCCC=CC(=O)CCCCCCC=CC(=O)O. The summed E-state index contributed by atoms with van der Waals surface area (Å²) in [6, 6.07) is 0. The number of hydrogen-bond donors (Lipinski definition) is 1. The Kier molecular flexibility index (Phi) is 14.0. The molecule has 0 aromatic rings. The molecule has 21 heavy (non-hydrogen) atoms.